The summed E-state index contributed by atoms with van der Waals surface area (Å²) in [6.45, 7) is 6.28. The Morgan fingerprint density at radius 2 is 1.92 bits per heavy atom. The molecule has 2 N–H and O–H groups in total. The van der Waals surface area contributed by atoms with Crippen LogP contribution in [0.4, 0.5) is 11.5 Å². The highest BCUT2D eigenvalue weighted by atomic mass is 16.1. The van der Waals surface area contributed by atoms with Gasteiger partial charge in [-0.3, -0.25) is 4.79 Å². The lowest BCUT2D eigenvalue weighted by Crippen LogP contribution is -2.29. The number of aryl methyl sites for hydroxylation is 2. The molecule has 1 aromatic carbocycles. The number of amides is 1. The van der Waals surface area contributed by atoms with Crippen LogP contribution in [-0.4, -0.2) is 29.0 Å². The molecule has 5 nitrogen and oxygen atoms in total. The number of anilines is 2. The van der Waals surface area contributed by atoms with Crippen LogP contribution in [0.3, 0.4) is 0 Å². The van der Waals surface area contributed by atoms with Crippen molar-refractivity contribution in [3.05, 3.63) is 53.3 Å². The van der Waals surface area contributed by atoms with Crippen LogP contribution >= 0.6 is 0 Å². The van der Waals surface area contributed by atoms with Gasteiger partial charge in [-0.25, -0.2) is 4.98 Å². The zero-order valence-corrected chi connectivity index (χ0v) is 15.3. The van der Waals surface area contributed by atoms with Crippen LogP contribution < -0.4 is 10.2 Å². The quantitative estimate of drug-likeness (QED) is 0.736. The number of H-pyrrole nitrogens is 1. The Morgan fingerprint density at radius 3 is 2.65 bits per heavy atom. The van der Waals surface area contributed by atoms with Crippen molar-refractivity contribution >= 4 is 28.3 Å². The van der Waals surface area contributed by atoms with Crippen molar-refractivity contribution in [2.45, 2.75) is 33.1 Å². The molecule has 5 heteroatoms. The van der Waals surface area contributed by atoms with Gasteiger partial charge in [-0.2, -0.15) is 0 Å². The number of aromatic nitrogens is 2. The average molecular weight is 348 g/mol. The number of benzene rings is 1. The zero-order chi connectivity index (χ0) is 18.1. The van der Waals surface area contributed by atoms with Gasteiger partial charge >= 0.3 is 0 Å². The summed E-state index contributed by atoms with van der Waals surface area (Å²) in [5.41, 5.74) is 5.13. The van der Waals surface area contributed by atoms with Crippen molar-refractivity contribution in [2.75, 3.05) is 23.3 Å². The summed E-state index contributed by atoms with van der Waals surface area (Å²) >= 11 is 0. The second kappa shape index (κ2) is 6.83. The minimum Gasteiger partial charge on any atom is -0.370 e. The fourth-order valence-corrected chi connectivity index (χ4v) is 3.59. The molecule has 0 atom stereocenters. The molecule has 0 aliphatic carbocycles. The lowest BCUT2D eigenvalue weighted by atomic mass is 10.1. The van der Waals surface area contributed by atoms with E-state index in [0.29, 0.717) is 11.4 Å². The third-order valence-corrected chi connectivity index (χ3v) is 5.28. The lowest BCUT2D eigenvalue weighted by molar-refractivity contribution is 0.102. The molecule has 26 heavy (non-hydrogen) atoms. The predicted octanol–water partition coefficient (Wildman–Crippen LogP) is 4.42. The maximum atomic E-state index is 12.6. The summed E-state index contributed by atoms with van der Waals surface area (Å²) in [5, 5.41) is 3.99. The van der Waals surface area contributed by atoms with Crippen molar-refractivity contribution < 1.29 is 4.79 Å². The summed E-state index contributed by atoms with van der Waals surface area (Å²) in [6, 6.07) is 9.65. The first-order valence-electron chi connectivity index (χ1n) is 9.23. The zero-order valence-electron chi connectivity index (χ0n) is 15.3. The molecule has 0 bridgehead atoms. The van der Waals surface area contributed by atoms with Gasteiger partial charge in [0.2, 0.25) is 0 Å². The molecule has 3 aromatic rings. The number of hydrogen-bond donors (Lipinski definition) is 2. The van der Waals surface area contributed by atoms with Gasteiger partial charge in [0.05, 0.1) is 11.9 Å². The fraction of sp³-hybridized carbons (Fsp3) is 0.333. The van der Waals surface area contributed by atoms with E-state index < -0.39 is 0 Å². The topological polar surface area (TPSA) is 61.0 Å². The number of carbonyl (C=O) groups is 1. The lowest BCUT2D eigenvalue weighted by Gasteiger charge is -2.28. The maximum absolute atomic E-state index is 12.6. The van der Waals surface area contributed by atoms with Gasteiger partial charge in [-0.05, 0) is 69.0 Å². The van der Waals surface area contributed by atoms with Crippen molar-refractivity contribution in [3.63, 3.8) is 0 Å². The van der Waals surface area contributed by atoms with E-state index in [2.05, 4.69) is 27.1 Å². The smallest absolute Gasteiger partial charge is 0.256 e. The summed E-state index contributed by atoms with van der Waals surface area (Å²) < 4.78 is 0. The fourth-order valence-electron chi connectivity index (χ4n) is 3.59. The first-order chi connectivity index (χ1) is 12.6. The Labute approximate surface area is 153 Å². The monoisotopic (exact) mass is 348 g/mol. The van der Waals surface area contributed by atoms with Crippen molar-refractivity contribution in [1.82, 2.24) is 9.97 Å². The molecule has 4 rings (SSSR count). The summed E-state index contributed by atoms with van der Waals surface area (Å²) in [4.78, 5) is 22.7. The van der Waals surface area contributed by atoms with E-state index in [-0.39, 0.29) is 5.91 Å². The summed E-state index contributed by atoms with van der Waals surface area (Å²) in [5.74, 6) is 0.446. The van der Waals surface area contributed by atoms with E-state index >= 15 is 0 Å². The molecular formula is C21H24N4O. The molecule has 1 amide bonds. The van der Waals surface area contributed by atoms with Gasteiger partial charge in [-0.15, -0.1) is 0 Å². The number of rotatable bonds is 3. The molecule has 1 saturated heterocycles. The first-order valence-corrected chi connectivity index (χ1v) is 9.23. The van der Waals surface area contributed by atoms with E-state index in [1.807, 2.05) is 43.5 Å². The Bertz CT molecular complexity index is 937. The summed E-state index contributed by atoms with van der Waals surface area (Å²) in [7, 11) is 0. The number of piperidine rings is 1. The Balaban J connectivity index is 1.49. The van der Waals surface area contributed by atoms with E-state index in [4.69, 9.17) is 0 Å². The van der Waals surface area contributed by atoms with E-state index in [1.54, 1.807) is 0 Å². The highest BCUT2D eigenvalue weighted by Crippen LogP contribution is 2.23. The van der Waals surface area contributed by atoms with Crippen LogP contribution in [0.2, 0.25) is 0 Å². The highest BCUT2D eigenvalue weighted by molar-refractivity contribution is 6.06. The van der Waals surface area contributed by atoms with Crippen LogP contribution in [-0.2, 0) is 0 Å². The van der Waals surface area contributed by atoms with Gasteiger partial charge in [0.15, 0.2) is 0 Å². The van der Waals surface area contributed by atoms with Crippen molar-refractivity contribution in [3.8, 4) is 0 Å². The number of carbonyl (C=O) groups excluding carboxylic acids is 1. The number of pyridine rings is 1. The van der Waals surface area contributed by atoms with Gasteiger partial charge in [0.25, 0.3) is 5.91 Å². The summed E-state index contributed by atoms with van der Waals surface area (Å²) in [6.07, 6.45) is 5.63. The molecular weight excluding hydrogens is 324 g/mol. The molecule has 0 spiro atoms. The molecule has 3 heterocycles. The molecule has 1 aliphatic rings. The van der Waals surface area contributed by atoms with Gasteiger partial charge in [0.1, 0.15) is 5.82 Å². The number of hydrogen-bond acceptors (Lipinski definition) is 3. The van der Waals surface area contributed by atoms with E-state index in [9.17, 15) is 4.79 Å². The minimum absolute atomic E-state index is 0.136. The van der Waals surface area contributed by atoms with Crippen LogP contribution in [0.1, 0.15) is 40.9 Å². The highest BCUT2D eigenvalue weighted by Gasteiger charge is 2.13. The Kier molecular flexibility index (Phi) is 4.37. The van der Waals surface area contributed by atoms with Crippen LogP contribution in [0.25, 0.3) is 10.9 Å². The Hall–Kier alpha value is -2.82. The van der Waals surface area contributed by atoms with Crippen LogP contribution in [0, 0.1) is 13.8 Å². The number of nitrogens with one attached hydrogen (secondary N) is 2. The molecule has 2 aromatic heterocycles. The van der Waals surface area contributed by atoms with Gasteiger partial charge in [-0.1, -0.05) is 0 Å². The first kappa shape index (κ1) is 16.6. The molecule has 1 aliphatic heterocycles. The Morgan fingerprint density at radius 1 is 1.12 bits per heavy atom. The second-order valence-electron chi connectivity index (χ2n) is 7.04. The van der Waals surface area contributed by atoms with Crippen molar-refractivity contribution in [2.24, 2.45) is 0 Å². The molecule has 0 unspecified atom stereocenters. The van der Waals surface area contributed by atoms with E-state index in [0.717, 1.165) is 35.4 Å². The normalized spacial score (nSPS) is 14.6. The molecule has 0 saturated carbocycles. The number of nitrogens with zero attached hydrogens (tertiary/aromatic N) is 2. The number of aromatic amines is 1. The van der Waals surface area contributed by atoms with Gasteiger partial charge in [0, 0.05) is 35.2 Å². The average Bonchev–Trinajstić information content (AvgIpc) is 2.96. The van der Waals surface area contributed by atoms with Gasteiger partial charge < -0.3 is 15.2 Å². The predicted molar refractivity (Wildman–Crippen MR) is 106 cm³/mol. The maximum Gasteiger partial charge on any atom is 0.256 e. The molecule has 134 valence electrons. The second-order valence-corrected chi connectivity index (χ2v) is 7.04. The molecule has 1 fully saturated rings. The molecule has 0 radical (unpaired) electrons. The third-order valence-electron chi connectivity index (χ3n) is 5.28. The van der Waals surface area contributed by atoms with Crippen molar-refractivity contribution in [1.29, 1.82) is 0 Å². The van der Waals surface area contributed by atoms with Crippen LogP contribution in [0.15, 0.2) is 36.5 Å². The van der Waals surface area contributed by atoms with Crippen LogP contribution in [0.5, 0.6) is 0 Å². The SMILES string of the molecule is Cc1[nH]c2ccc(C(=O)Nc3ccc(N4CCCCC4)cn3)cc2c1C. The van der Waals surface area contributed by atoms with E-state index in [1.165, 1.54) is 24.8 Å². The third kappa shape index (κ3) is 3.17. The largest absolute Gasteiger partial charge is 0.370 e. The number of fused-ring (bicyclic) bond motifs is 1. The standard InChI is InChI=1S/C21H24N4O/c1-14-15(2)23-19-8-6-16(12-18(14)19)21(26)24-20-9-7-17(13-22-20)25-10-4-3-5-11-25/h6-9,12-13,23H,3-5,10-11H2,1-2H3,(H,22,24,26). The minimum atomic E-state index is -0.136.